The molecule has 0 heterocycles. The highest BCUT2D eigenvalue weighted by Gasteiger charge is 2.07. The Morgan fingerprint density at radius 3 is 2.45 bits per heavy atom. The molecule has 2 N–H and O–H groups in total. The fourth-order valence-electron chi connectivity index (χ4n) is 2.17. The molecule has 1 amide bonds. The number of rotatable bonds is 6. The third-order valence-corrected chi connectivity index (χ3v) is 3.46. The number of nitrogens with two attached hydrogens (primary N) is 1. The number of nitrogen functional groups attached to an aromatic ring is 1. The van der Waals surface area contributed by atoms with E-state index in [9.17, 15) is 4.79 Å². The SMILES string of the molecule is CN(Cc1ccc(N)cc1)C(=O)CC/C=C/c1ccccc1. The van der Waals surface area contributed by atoms with E-state index in [4.69, 9.17) is 5.73 Å². The van der Waals surface area contributed by atoms with E-state index in [1.165, 1.54) is 0 Å². The third-order valence-electron chi connectivity index (χ3n) is 3.46. The van der Waals surface area contributed by atoms with Crippen LogP contribution in [-0.4, -0.2) is 17.9 Å². The molecule has 0 atom stereocenters. The third kappa shape index (κ3) is 5.09. The van der Waals surface area contributed by atoms with Gasteiger partial charge in [-0.05, 0) is 29.7 Å². The predicted molar refractivity (Wildman–Crippen MR) is 92.0 cm³/mol. The van der Waals surface area contributed by atoms with Crippen LogP contribution in [0.3, 0.4) is 0 Å². The molecule has 2 aromatic carbocycles. The highest BCUT2D eigenvalue weighted by atomic mass is 16.2. The van der Waals surface area contributed by atoms with Crippen LogP contribution in [0.1, 0.15) is 24.0 Å². The predicted octanol–water partition coefficient (Wildman–Crippen LogP) is 3.72. The molecule has 0 aliphatic heterocycles. The standard InChI is InChI=1S/C19H22N2O/c1-21(15-17-11-13-18(20)14-12-17)19(22)10-6-5-9-16-7-3-2-4-8-16/h2-5,7-9,11-14H,6,10,15,20H2,1H3/b9-5+. The van der Waals surface area contributed by atoms with Crippen molar-refractivity contribution in [1.82, 2.24) is 4.90 Å². The molecule has 0 saturated carbocycles. The first kappa shape index (κ1) is 15.8. The number of benzene rings is 2. The van der Waals surface area contributed by atoms with Gasteiger partial charge in [-0.1, -0.05) is 54.6 Å². The second-order valence-corrected chi connectivity index (χ2v) is 5.34. The number of allylic oxidation sites excluding steroid dienone is 1. The Hall–Kier alpha value is -2.55. The number of anilines is 1. The maximum atomic E-state index is 12.1. The molecule has 22 heavy (non-hydrogen) atoms. The largest absolute Gasteiger partial charge is 0.399 e. The van der Waals surface area contributed by atoms with Crippen LogP contribution in [0, 0.1) is 0 Å². The number of hydrogen-bond acceptors (Lipinski definition) is 2. The van der Waals surface area contributed by atoms with Gasteiger partial charge in [0.1, 0.15) is 0 Å². The molecule has 2 aromatic rings. The Balaban J connectivity index is 1.77. The number of hydrogen-bond donors (Lipinski definition) is 1. The van der Waals surface area contributed by atoms with Gasteiger partial charge < -0.3 is 10.6 Å². The van der Waals surface area contributed by atoms with E-state index in [1.54, 1.807) is 4.90 Å². The van der Waals surface area contributed by atoms with Crippen LogP contribution in [0.2, 0.25) is 0 Å². The molecule has 0 radical (unpaired) electrons. The Morgan fingerprint density at radius 1 is 1.09 bits per heavy atom. The van der Waals surface area contributed by atoms with Crippen LogP contribution in [0.25, 0.3) is 6.08 Å². The van der Waals surface area contributed by atoms with Crippen LogP contribution in [-0.2, 0) is 11.3 Å². The molecule has 0 aliphatic rings. The highest BCUT2D eigenvalue weighted by molar-refractivity contribution is 5.76. The van der Waals surface area contributed by atoms with Crippen LogP contribution < -0.4 is 5.73 Å². The van der Waals surface area contributed by atoms with Crippen molar-refractivity contribution in [1.29, 1.82) is 0 Å². The smallest absolute Gasteiger partial charge is 0.222 e. The van der Waals surface area contributed by atoms with Gasteiger partial charge in [-0.25, -0.2) is 0 Å². The maximum Gasteiger partial charge on any atom is 0.222 e. The number of amides is 1. The van der Waals surface area contributed by atoms with Crippen molar-refractivity contribution in [2.45, 2.75) is 19.4 Å². The summed E-state index contributed by atoms with van der Waals surface area (Å²) in [5.74, 6) is 0.148. The molecule has 0 aromatic heterocycles. The van der Waals surface area contributed by atoms with Gasteiger partial charge in [-0.15, -0.1) is 0 Å². The van der Waals surface area contributed by atoms with Crippen molar-refractivity contribution >= 4 is 17.7 Å². The Bertz CT molecular complexity index is 618. The van der Waals surface area contributed by atoms with Gasteiger partial charge in [0, 0.05) is 25.7 Å². The van der Waals surface area contributed by atoms with Crippen LogP contribution in [0.5, 0.6) is 0 Å². The lowest BCUT2D eigenvalue weighted by molar-refractivity contribution is -0.130. The number of carbonyl (C=O) groups excluding carboxylic acids is 1. The Labute approximate surface area is 132 Å². The van der Waals surface area contributed by atoms with Crippen molar-refractivity contribution in [2.24, 2.45) is 0 Å². The maximum absolute atomic E-state index is 12.1. The van der Waals surface area contributed by atoms with Gasteiger partial charge in [0.05, 0.1) is 0 Å². The van der Waals surface area contributed by atoms with E-state index < -0.39 is 0 Å². The lowest BCUT2D eigenvalue weighted by atomic mass is 10.1. The molecule has 114 valence electrons. The van der Waals surface area contributed by atoms with E-state index in [-0.39, 0.29) is 5.91 Å². The van der Waals surface area contributed by atoms with E-state index in [1.807, 2.05) is 73.8 Å². The van der Waals surface area contributed by atoms with E-state index in [2.05, 4.69) is 0 Å². The summed E-state index contributed by atoms with van der Waals surface area (Å²) in [6.07, 6.45) is 5.37. The summed E-state index contributed by atoms with van der Waals surface area (Å²) in [4.78, 5) is 13.8. The molecule has 3 heteroatoms. The van der Waals surface area contributed by atoms with Crippen LogP contribution in [0.4, 0.5) is 5.69 Å². The second kappa shape index (κ2) is 8.03. The number of carbonyl (C=O) groups is 1. The summed E-state index contributed by atoms with van der Waals surface area (Å²) < 4.78 is 0. The molecular weight excluding hydrogens is 272 g/mol. The number of nitrogens with zero attached hydrogens (tertiary/aromatic N) is 1. The normalized spacial score (nSPS) is 10.8. The Morgan fingerprint density at radius 2 is 1.77 bits per heavy atom. The zero-order valence-corrected chi connectivity index (χ0v) is 12.9. The monoisotopic (exact) mass is 294 g/mol. The minimum Gasteiger partial charge on any atom is -0.399 e. The summed E-state index contributed by atoms with van der Waals surface area (Å²) in [6.45, 7) is 0.613. The summed E-state index contributed by atoms with van der Waals surface area (Å²) in [7, 11) is 1.83. The molecule has 0 spiro atoms. The van der Waals surface area contributed by atoms with Crippen molar-refractivity contribution in [3.8, 4) is 0 Å². The zero-order valence-electron chi connectivity index (χ0n) is 12.9. The minimum atomic E-state index is 0.148. The fraction of sp³-hybridized carbons (Fsp3) is 0.211. The summed E-state index contributed by atoms with van der Waals surface area (Å²) in [5.41, 5.74) is 8.64. The van der Waals surface area contributed by atoms with Crippen molar-refractivity contribution in [3.63, 3.8) is 0 Å². The molecule has 2 rings (SSSR count). The van der Waals surface area contributed by atoms with Gasteiger partial charge in [0.2, 0.25) is 5.91 Å². The van der Waals surface area contributed by atoms with E-state index in [0.717, 1.165) is 23.2 Å². The lowest BCUT2D eigenvalue weighted by Gasteiger charge is -2.17. The van der Waals surface area contributed by atoms with Gasteiger partial charge in [-0.3, -0.25) is 4.79 Å². The van der Waals surface area contributed by atoms with E-state index in [0.29, 0.717) is 13.0 Å². The minimum absolute atomic E-state index is 0.148. The first-order valence-corrected chi connectivity index (χ1v) is 7.45. The molecule has 0 aliphatic carbocycles. The second-order valence-electron chi connectivity index (χ2n) is 5.34. The molecule has 3 nitrogen and oxygen atoms in total. The lowest BCUT2D eigenvalue weighted by Crippen LogP contribution is -2.25. The zero-order chi connectivity index (χ0) is 15.8. The Kier molecular flexibility index (Phi) is 5.78. The first-order valence-electron chi connectivity index (χ1n) is 7.45. The fourth-order valence-corrected chi connectivity index (χ4v) is 2.17. The molecule has 0 fully saturated rings. The summed E-state index contributed by atoms with van der Waals surface area (Å²) in [5, 5.41) is 0. The molecular formula is C19H22N2O. The molecule has 0 bridgehead atoms. The first-order chi connectivity index (χ1) is 10.6. The van der Waals surface area contributed by atoms with Crippen molar-refractivity contribution in [3.05, 3.63) is 71.8 Å². The summed E-state index contributed by atoms with van der Waals surface area (Å²) >= 11 is 0. The average Bonchev–Trinajstić information content (AvgIpc) is 2.54. The van der Waals surface area contributed by atoms with Crippen LogP contribution >= 0.6 is 0 Å². The van der Waals surface area contributed by atoms with Gasteiger partial charge in [-0.2, -0.15) is 0 Å². The van der Waals surface area contributed by atoms with Gasteiger partial charge in [0.15, 0.2) is 0 Å². The topological polar surface area (TPSA) is 46.3 Å². The van der Waals surface area contributed by atoms with Gasteiger partial charge >= 0.3 is 0 Å². The van der Waals surface area contributed by atoms with Gasteiger partial charge in [0.25, 0.3) is 0 Å². The highest BCUT2D eigenvalue weighted by Crippen LogP contribution is 2.09. The van der Waals surface area contributed by atoms with Crippen molar-refractivity contribution < 1.29 is 4.79 Å². The average molecular weight is 294 g/mol. The van der Waals surface area contributed by atoms with Crippen molar-refractivity contribution in [2.75, 3.05) is 12.8 Å². The van der Waals surface area contributed by atoms with E-state index >= 15 is 0 Å². The quantitative estimate of drug-likeness (QED) is 0.825. The van der Waals surface area contributed by atoms with Crippen LogP contribution in [0.15, 0.2) is 60.7 Å². The molecule has 0 saturated heterocycles. The molecule has 0 unspecified atom stereocenters. The summed E-state index contributed by atoms with van der Waals surface area (Å²) in [6, 6.07) is 17.7.